The molecule has 0 spiro atoms. The number of hydrogen-bond donors (Lipinski definition) is 0. The zero-order valence-electron chi connectivity index (χ0n) is 9.61. The van der Waals surface area contributed by atoms with Crippen LogP contribution >= 0.6 is 43.6 Å². The van der Waals surface area contributed by atoms with Crippen molar-refractivity contribution in [2.45, 2.75) is 16.7 Å². The first-order chi connectivity index (χ1) is 8.56. The van der Waals surface area contributed by atoms with Crippen molar-refractivity contribution in [1.29, 1.82) is 0 Å². The molecule has 0 aromatic heterocycles. The van der Waals surface area contributed by atoms with Gasteiger partial charge in [-0.1, -0.05) is 49.7 Å². The van der Waals surface area contributed by atoms with E-state index in [1.54, 1.807) is 18.7 Å². The summed E-state index contributed by atoms with van der Waals surface area (Å²) in [5.74, 6) is 0.0703. The van der Waals surface area contributed by atoms with Gasteiger partial charge in [0.1, 0.15) is 0 Å². The summed E-state index contributed by atoms with van der Waals surface area (Å²) in [6.07, 6.45) is 0. The van der Waals surface area contributed by atoms with Crippen LogP contribution in [0.3, 0.4) is 0 Å². The molecule has 2 aromatic rings. The van der Waals surface area contributed by atoms with Gasteiger partial charge in [-0.05, 0) is 43.3 Å². The average Bonchev–Trinajstić information content (AvgIpc) is 2.28. The van der Waals surface area contributed by atoms with Gasteiger partial charge in [-0.15, -0.1) is 0 Å². The number of carbonyl (C=O) groups excluding carboxylic acids is 1. The summed E-state index contributed by atoms with van der Waals surface area (Å²) in [6.45, 7) is 1.57. The molecular weight excluding hydrogens is 376 g/mol. The Labute approximate surface area is 127 Å². The van der Waals surface area contributed by atoms with E-state index in [1.807, 2.05) is 30.3 Å². The predicted molar refractivity (Wildman–Crippen MR) is 82.4 cm³/mol. The van der Waals surface area contributed by atoms with Crippen LogP contribution in [0.15, 0.2) is 61.2 Å². The number of hydrogen-bond acceptors (Lipinski definition) is 2. The Balaban J connectivity index is 2.25. The maximum atomic E-state index is 11.3. The second-order valence-corrected chi connectivity index (χ2v) is 6.67. The minimum atomic E-state index is 0.0703. The van der Waals surface area contributed by atoms with Gasteiger partial charge in [0, 0.05) is 24.3 Å². The van der Waals surface area contributed by atoms with E-state index in [0.29, 0.717) is 5.56 Å². The van der Waals surface area contributed by atoms with Crippen molar-refractivity contribution in [3.05, 3.63) is 57.0 Å². The quantitative estimate of drug-likeness (QED) is 0.642. The fourth-order valence-electron chi connectivity index (χ4n) is 1.51. The number of carbonyl (C=O) groups is 1. The lowest BCUT2D eigenvalue weighted by Gasteiger charge is -2.05. The van der Waals surface area contributed by atoms with Crippen molar-refractivity contribution in [2.75, 3.05) is 0 Å². The van der Waals surface area contributed by atoms with Gasteiger partial charge >= 0.3 is 0 Å². The van der Waals surface area contributed by atoms with E-state index in [0.717, 1.165) is 18.7 Å². The van der Waals surface area contributed by atoms with Gasteiger partial charge in [-0.3, -0.25) is 4.79 Å². The Bertz CT molecular complexity index is 596. The summed E-state index contributed by atoms with van der Waals surface area (Å²) >= 11 is 8.55. The Kier molecular flexibility index (Phi) is 4.65. The lowest BCUT2D eigenvalue weighted by atomic mass is 10.2. The third kappa shape index (κ3) is 3.46. The molecular formula is C14H10Br2OS. The van der Waals surface area contributed by atoms with Gasteiger partial charge in [0.05, 0.1) is 0 Å². The average molecular weight is 386 g/mol. The Morgan fingerprint density at radius 1 is 1.06 bits per heavy atom. The lowest BCUT2D eigenvalue weighted by molar-refractivity contribution is 0.101. The summed E-state index contributed by atoms with van der Waals surface area (Å²) in [7, 11) is 0. The molecule has 0 saturated heterocycles. The number of rotatable bonds is 3. The Morgan fingerprint density at radius 3 is 2.39 bits per heavy atom. The fourth-order valence-corrected chi connectivity index (χ4v) is 3.79. The molecule has 0 atom stereocenters. The summed E-state index contributed by atoms with van der Waals surface area (Å²) in [5, 5.41) is 0. The summed E-state index contributed by atoms with van der Waals surface area (Å²) in [5.41, 5.74) is 0.716. The van der Waals surface area contributed by atoms with Gasteiger partial charge in [0.25, 0.3) is 0 Å². The monoisotopic (exact) mass is 384 g/mol. The van der Waals surface area contributed by atoms with Crippen LogP contribution < -0.4 is 0 Å². The largest absolute Gasteiger partial charge is 0.294 e. The Hall–Kier alpha value is -0.580. The molecule has 0 aliphatic rings. The number of ketones is 1. The van der Waals surface area contributed by atoms with E-state index in [4.69, 9.17) is 0 Å². The van der Waals surface area contributed by atoms with Crippen LogP contribution in [0.1, 0.15) is 17.3 Å². The van der Waals surface area contributed by atoms with Crippen LogP contribution in [-0.2, 0) is 0 Å². The molecule has 0 fully saturated rings. The highest BCUT2D eigenvalue weighted by Crippen LogP contribution is 2.32. The van der Waals surface area contributed by atoms with Gasteiger partial charge < -0.3 is 0 Å². The molecule has 0 aliphatic heterocycles. The van der Waals surface area contributed by atoms with Gasteiger partial charge in [0.2, 0.25) is 0 Å². The standard InChI is InChI=1S/C14H10Br2OS/c1-9(17)13-6-5-12(8-14(13)16)18-11-4-2-3-10(15)7-11/h2-8H,1H3. The van der Waals surface area contributed by atoms with Crippen molar-refractivity contribution >= 4 is 49.4 Å². The minimum Gasteiger partial charge on any atom is -0.294 e. The Morgan fingerprint density at radius 2 is 1.78 bits per heavy atom. The van der Waals surface area contributed by atoms with Crippen molar-refractivity contribution < 1.29 is 4.79 Å². The van der Waals surface area contributed by atoms with E-state index in [2.05, 4.69) is 44.0 Å². The maximum Gasteiger partial charge on any atom is 0.160 e. The number of benzene rings is 2. The molecule has 0 heterocycles. The van der Waals surface area contributed by atoms with Crippen molar-refractivity contribution in [2.24, 2.45) is 0 Å². The third-order valence-corrected chi connectivity index (χ3v) is 4.48. The molecule has 2 rings (SSSR count). The fraction of sp³-hybridized carbons (Fsp3) is 0.0714. The van der Waals surface area contributed by atoms with Crippen molar-refractivity contribution in [3.8, 4) is 0 Å². The van der Waals surface area contributed by atoms with Crippen LogP contribution in [0.2, 0.25) is 0 Å². The van der Waals surface area contributed by atoms with Crippen molar-refractivity contribution in [3.63, 3.8) is 0 Å². The van der Waals surface area contributed by atoms with Crippen LogP contribution in [0, 0.1) is 0 Å². The van der Waals surface area contributed by atoms with E-state index < -0.39 is 0 Å². The van der Waals surface area contributed by atoms with Crippen molar-refractivity contribution in [1.82, 2.24) is 0 Å². The highest BCUT2D eigenvalue weighted by Gasteiger charge is 2.06. The summed E-state index contributed by atoms with van der Waals surface area (Å²) < 4.78 is 1.90. The molecule has 0 bridgehead atoms. The van der Waals surface area contributed by atoms with E-state index in [-0.39, 0.29) is 5.78 Å². The van der Waals surface area contributed by atoms with Gasteiger partial charge in [-0.2, -0.15) is 0 Å². The maximum absolute atomic E-state index is 11.3. The second-order valence-electron chi connectivity index (χ2n) is 3.76. The molecule has 0 amide bonds. The van der Waals surface area contributed by atoms with E-state index >= 15 is 0 Å². The predicted octanol–water partition coefficient (Wildman–Crippen LogP) is 5.57. The normalized spacial score (nSPS) is 10.4. The highest BCUT2D eigenvalue weighted by molar-refractivity contribution is 9.10. The smallest absolute Gasteiger partial charge is 0.160 e. The SMILES string of the molecule is CC(=O)c1ccc(Sc2cccc(Br)c2)cc1Br. The number of halogens is 2. The van der Waals surface area contributed by atoms with Crippen LogP contribution in [0.4, 0.5) is 0 Å². The first-order valence-corrected chi connectivity index (χ1v) is 7.70. The molecule has 0 unspecified atom stereocenters. The van der Waals surface area contributed by atoms with E-state index in [9.17, 15) is 4.79 Å². The minimum absolute atomic E-state index is 0.0703. The lowest BCUT2D eigenvalue weighted by Crippen LogP contribution is -1.93. The number of Topliss-reactive ketones (excluding diaryl/α,β-unsaturated/α-hetero) is 1. The first-order valence-electron chi connectivity index (χ1n) is 5.30. The van der Waals surface area contributed by atoms with Crippen LogP contribution in [0.5, 0.6) is 0 Å². The molecule has 0 aliphatic carbocycles. The molecule has 1 nitrogen and oxygen atoms in total. The second kappa shape index (κ2) is 6.04. The molecule has 4 heteroatoms. The zero-order valence-corrected chi connectivity index (χ0v) is 13.6. The van der Waals surface area contributed by atoms with Crippen LogP contribution in [0.25, 0.3) is 0 Å². The molecule has 0 saturated carbocycles. The van der Waals surface area contributed by atoms with E-state index in [1.165, 1.54) is 0 Å². The summed E-state index contributed by atoms with van der Waals surface area (Å²) in [4.78, 5) is 13.6. The molecule has 0 N–H and O–H groups in total. The molecule has 0 radical (unpaired) electrons. The zero-order chi connectivity index (χ0) is 13.1. The third-order valence-electron chi connectivity index (χ3n) is 2.35. The molecule has 2 aromatic carbocycles. The molecule has 92 valence electrons. The van der Waals surface area contributed by atoms with Crippen LogP contribution in [-0.4, -0.2) is 5.78 Å². The highest BCUT2D eigenvalue weighted by atomic mass is 79.9. The molecule has 18 heavy (non-hydrogen) atoms. The topological polar surface area (TPSA) is 17.1 Å². The van der Waals surface area contributed by atoms with Gasteiger partial charge in [-0.25, -0.2) is 0 Å². The van der Waals surface area contributed by atoms with Gasteiger partial charge in [0.15, 0.2) is 5.78 Å². The first kappa shape index (κ1) is 13.8. The summed E-state index contributed by atoms with van der Waals surface area (Å²) in [6, 6.07) is 13.9.